The molecule has 0 saturated carbocycles. The molecule has 25 heavy (non-hydrogen) atoms. The first-order valence-corrected chi connectivity index (χ1v) is 8.67. The maximum Gasteiger partial charge on any atom is 0.321 e. The summed E-state index contributed by atoms with van der Waals surface area (Å²) in [7, 11) is 0. The lowest BCUT2D eigenvalue weighted by Crippen LogP contribution is -2.32. The van der Waals surface area contributed by atoms with Crippen molar-refractivity contribution in [2.24, 2.45) is 0 Å². The molecule has 0 radical (unpaired) electrons. The first-order chi connectivity index (χ1) is 12.1. The van der Waals surface area contributed by atoms with Gasteiger partial charge in [-0.1, -0.05) is 0 Å². The van der Waals surface area contributed by atoms with Gasteiger partial charge in [-0.15, -0.1) is 0 Å². The standard InChI is InChI=1S/C17H14BrFN4O2/c18-10-7-14-15(20-9-10)22-16(25-14)12-8-11(3-4-13(12)19)21-17(24)23-5-1-2-6-23/h3-4,7-9H,1-2,5-6H2,(H,21,24). The summed E-state index contributed by atoms with van der Waals surface area (Å²) >= 11 is 3.31. The van der Waals surface area contributed by atoms with Crippen molar-refractivity contribution in [1.29, 1.82) is 0 Å². The number of amides is 2. The van der Waals surface area contributed by atoms with E-state index in [9.17, 15) is 9.18 Å². The lowest BCUT2D eigenvalue weighted by molar-refractivity contribution is 0.222. The van der Waals surface area contributed by atoms with E-state index < -0.39 is 5.82 Å². The highest BCUT2D eigenvalue weighted by Crippen LogP contribution is 2.29. The molecule has 0 bridgehead atoms. The van der Waals surface area contributed by atoms with Crippen molar-refractivity contribution in [3.8, 4) is 11.5 Å². The van der Waals surface area contributed by atoms with Crippen molar-refractivity contribution >= 4 is 38.9 Å². The molecule has 128 valence electrons. The number of nitrogens with one attached hydrogen (secondary N) is 1. The minimum Gasteiger partial charge on any atom is -0.434 e. The van der Waals surface area contributed by atoms with Gasteiger partial charge in [0.25, 0.3) is 0 Å². The lowest BCUT2D eigenvalue weighted by Gasteiger charge is -2.16. The van der Waals surface area contributed by atoms with Crippen LogP contribution in [0.1, 0.15) is 12.8 Å². The van der Waals surface area contributed by atoms with Gasteiger partial charge in [0.2, 0.25) is 5.89 Å². The number of carbonyl (C=O) groups excluding carboxylic acids is 1. The number of benzene rings is 1. The van der Waals surface area contributed by atoms with Crippen LogP contribution in [0.4, 0.5) is 14.9 Å². The van der Waals surface area contributed by atoms with E-state index in [0.29, 0.717) is 16.9 Å². The summed E-state index contributed by atoms with van der Waals surface area (Å²) < 4.78 is 20.6. The van der Waals surface area contributed by atoms with Crippen LogP contribution in [0.25, 0.3) is 22.7 Å². The fourth-order valence-electron chi connectivity index (χ4n) is 2.80. The zero-order valence-corrected chi connectivity index (χ0v) is 14.7. The van der Waals surface area contributed by atoms with E-state index in [4.69, 9.17) is 4.42 Å². The van der Waals surface area contributed by atoms with Gasteiger partial charge in [-0.25, -0.2) is 14.2 Å². The molecule has 2 amide bonds. The fourth-order valence-corrected chi connectivity index (χ4v) is 3.11. The second-order valence-electron chi connectivity index (χ2n) is 5.81. The summed E-state index contributed by atoms with van der Waals surface area (Å²) in [5, 5.41) is 2.79. The van der Waals surface area contributed by atoms with E-state index in [1.807, 2.05) is 0 Å². The number of hydrogen-bond donors (Lipinski definition) is 1. The number of nitrogens with zero attached hydrogens (tertiary/aromatic N) is 3. The minimum absolute atomic E-state index is 0.121. The minimum atomic E-state index is -0.482. The predicted octanol–water partition coefficient (Wildman–Crippen LogP) is 4.42. The van der Waals surface area contributed by atoms with Crippen LogP contribution in [-0.4, -0.2) is 34.0 Å². The third-order valence-corrected chi connectivity index (χ3v) is 4.49. The Bertz CT molecular complexity index is 953. The van der Waals surface area contributed by atoms with Gasteiger partial charge >= 0.3 is 6.03 Å². The topological polar surface area (TPSA) is 71.3 Å². The molecule has 1 aliphatic heterocycles. The van der Waals surface area contributed by atoms with Crippen molar-refractivity contribution in [2.45, 2.75) is 12.8 Å². The molecule has 4 rings (SSSR count). The maximum atomic E-state index is 14.2. The molecule has 1 saturated heterocycles. The summed E-state index contributed by atoms with van der Waals surface area (Å²) in [6.45, 7) is 1.48. The van der Waals surface area contributed by atoms with E-state index in [1.165, 1.54) is 18.2 Å². The Morgan fingerprint density at radius 1 is 1.28 bits per heavy atom. The number of urea groups is 1. The number of pyridine rings is 1. The Morgan fingerprint density at radius 3 is 2.88 bits per heavy atom. The molecule has 8 heteroatoms. The van der Waals surface area contributed by atoms with Crippen molar-refractivity contribution in [2.75, 3.05) is 18.4 Å². The number of hydrogen-bond acceptors (Lipinski definition) is 4. The first kappa shape index (κ1) is 16.0. The highest BCUT2D eigenvalue weighted by molar-refractivity contribution is 9.10. The van der Waals surface area contributed by atoms with Crippen molar-refractivity contribution in [1.82, 2.24) is 14.9 Å². The summed E-state index contributed by atoms with van der Waals surface area (Å²) in [5.74, 6) is -0.361. The van der Waals surface area contributed by atoms with Gasteiger partial charge in [0.15, 0.2) is 11.2 Å². The van der Waals surface area contributed by atoms with Gasteiger partial charge in [-0.05, 0) is 47.0 Å². The average molecular weight is 405 g/mol. The Hall–Kier alpha value is -2.48. The third kappa shape index (κ3) is 3.21. The second kappa shape index (κ2) is 6.44. The Morgan fingerprint density at radius 2 is 2.08 bits per heavy atom. The van der Waals surface area contributed by atoms with Crippen LogP contribution in [0.15, 0.2) is 39.4 Å². The van der Waals surface area contributed by atoms with Gasteiger partial charge in [0.1, 0.15) is 5.82 Å². The van der Waals surface area contributed by atoms with Gasteiger partial charge in [0.05, 0.1) is 5.56 Å². The van der Waals surface area contributed by atoms with Gasteiger partial charge in [-0.2, -0.15) is 4.98 Å². The number of rotatable bonds is 2. The summed E-state index contributed by atoms with van der Waals surface area (Å²) in [4.78, 5) is 22.3. The molecule has 0 atom stereocenters. The largest absolute Gasteiger partial charge is 0.434 e. The molecule has 1 N–H and O–H groups in total. The quantitative estimate of drug-likeness (QED) is 0.685. The zero-order valence-electron chi connectivity index (χ0n) is 13.1. The molecule has 1 aromatic carbocycles. The number of likely N-dealkylation sites (tertiary alicyclic amines) is 1. The highest BCUT2D eigenvalue weighted by atomic mass is 79.9. The number of carbonyl (C=O) groups is 1. The molecule has 1 fully saturated rings. The predicted molar refractivity (Wildman–Crippen MR) is 94.7 cm³/mol. The zero-order chi connectivity index (χ0) is 17.4. The normalized spacial score (nSPS) is 14.2. The highest BCUT2D eigenvalue weighted by Gasteiger charge is 2.19. The van der Waals surface area contributed by atoms with Crippen LogP contribution < -0.4 is 5.32 Å². The van der Waals surface area contributed by atoms with Crippen LogP contribution in [-0.2, 0) is 0 Å². The maximum absolute atomic E-state index is 14.2. The van der Waals surface area contributed by atoms with Crippen molar-refractivity contribution in [3.63, 3.8) is 0 Å². The van der Waals surface area contributed by atoms with Crippen LogP contribution >= 0.6 is 15.9 Å². The second-order valence-corrected chi connectivity index (χ2v) is 6.73. The Labute approximate surface area is 151 Å². The van der Waals surface area contributed by atoms with Crippen LogP contribution in [0.3, 0.4) is 0 Å². The van der Waals surface area contributed by atoms with Gasteiger partial charge < -0.3 is 14.6 Å². The van der Waals surface area contributed by atoms with Crippen LogP contribution in [0, 0.1) is 5.82 Å². The first-order valence-electron chi connectivity index (χ1n) is 7.88. The molecular formula is C17H14BrFN4O2. The molecular weight excluding hydrogens is 391 g/mol. The molecule has 6 nitrogen and oxygen atoms in total. The lowest BCUT2D eigenvalue weighted by atomic mass is 10.2. The fraction of sp³-hybridized carbons (Fsp3) is 0.235. The number of anilines is 1. The summed E-state index contributed by atoms with van der Waals surface area (Å²) in [6, 6.07) is 5.86. The van der Waals surface area contributed by atoms with Crippen LogP contribution in [0.5, 0.6) is 0 Å². The number of aromatic nitrogens is 2. The molecule has 1 aliphatic rings. The number of halogens is 2. The van der Waals surface area contributed by atoms with Crippen molar-refractivity contribution in [3.05, 3.63) is 40.8 Å². The van der Waals surface area contributed by atoms with Gasteiger partial charge in [-0.3, -0.25) is 0 Å². The average Bonchev–Trinajstić information content (AvgIpc) is 3.25. The molecule has 2 aromatic heterocycles. The summed E-state index contributed by atoms with van der Waals surface area (Å²) in [6.07, 6.45) is 3.61. The smallest absolute Gasteiger partial charge is 0.321 e. The van der Waals surface area contributed by atoms with E-state index >= 15 is 0 Å². The molecule has 0 aliphatic carbocycles. The molecule has 3 aromatic rings. The monoisotopic (exact) mass is 404 g/mol. The molecule has 0 unspecified atom stereocenters. The van der Waals surface area contributed by atoms with E-state index in [2.05, 4.69) is 31.2 Å². The van der Waals surface area contributed by atoms with E-state index in [0.717, 1.165) is 30.4 Å². The Kier molecular flexibility index (Phi) is 4.12. The van der Waals surface area contributed by atoms with Crippen molar-refractivity contribution < 1.29 is 13.6 Å². The number of oxazole rings is 1. The Balaban J connectivity index is 1.65. The molecule has 0 spiro atoms. The van der Waals surface area contributed by atoms with E-state index in [1.54, 1.807) is 17.2 Å². The van der Waals surface area contributed by atoms with Crippen LogP contribution in [0.2, 0.25) is 0 Å². The number of fused-ring (bicyclic) bond motifs is 1. The third-order valence-electron chi connectivity index (χ3n) is 4.05. The summed E-state index contributed by atoms with van der Waals surface area (Å²) in [5.41, 5.74) is 1.51. The molecule has 3 heterocycles. The SMILES string of the molecule is O=C(Nc1ccc(F)c(-c2nc3ncc(Br)cc3o2)c1)N1CCCC1. The van der Waals surface area contributed by atoms with Gasteiger partial charge in [0, 0.05) is 35.5 Å². The van der Waals surface area contributed by atoms with E-state index in [-0.39, 0.29) is 17.5 Å².